The normalized spacial score (nSPS) is 19.6. The summed E-state index contributed by atoms with van der Waals surface area (Å²) in [5, 5.41) is 3.60. The van der Waals surface area contributed by atoms with Gasteiger partial charge in [-0.15, -0.1) is 0 Å². The van der Waals surface area contributed by atoms with Gasteiger partial charge in [0.15, 0.2) is 0 Å². The Labute approximate surface area is 82.0 Å². The molecule has 1 saturated heterocycles. The molecule has 0 radical (unpaired) electrons. The molecule has 2 heteroatoms. The molecule has 0 aliphatic carbocycles. The Bertz CT molecular complexity index is 119. The molecule has 1 rings (SSSR count). The Balaban J connectivity index is 1.92. The number of rotatable bonds is 5. The molecule has 1 aliphatic heterocycles. The summed E-state index contributed by atoms with van der Waals surface area (Å²) in [7, 11) is 0. The van der Waals surface area contributed by atoms with Crippen LogP contribution in [0, 0.1) is 5.92 Å². The van der Waals surface area contributed by atoms with E-state index in [9.17, 15) is 0 Å². The van der Waals surface area contributed by atoms with Crippen molar-refractivity contribution in [2.45, 2.75) is 45.6 Å². The van der Waals surface area contributed by atoms with Crippen LogP contribution in [0.15, 0.2) is 0 Å². The largest absolute Gasteiger partial charge is 0.381 e. The Hall–Kier alpha value is -0.0800. The summed E-state index contributed by atoms with van der Waals surface area (Å²) in [5.41, 5.74) is 0. The Kier molecular flexibility index (Phi) is 5.40. The van der Waals surface area contributed by atoms with E-state index in [-0.39, 0.29) is 0 Å². The van der Waals surface area contributed by atoms with Crippen molar-refractivity contribution in [1.82, 2.24) is 5.32 Å². The molecule has 0 spiro atoms. The molecule has 0 aromatic heterocycles. The lowest BCUT2D eigenvalue weighted by Gasteiger charge is -2.23. The molecule has 0 aromatic carbocycles. The highest BCUT2D eigenvalue weighted by Gasteiger charge is 2.11. The quantitative estimate of drug-likeness (QED) is 0.663. The summed E-state index contributed by atoms with van der Waals surface area (Å²) < 4.78 is 5.30. The average Bonchev–Trinajstić information content (AvgIpc) is 2.14. The van der Waals surface area contributed by atoms with Crippen molar-refractivity contribution in [3.8, 4) is 0 Å². The van der Waals surface area contributed by atoms with Crippen LogP contribution < -0.4 is 5.32 Å². The molecular weight excluding hydrogens is 162 g/mol. The highest BCUT2D eigenvalue weighted by atomic mass is 16.5. The molecule has 0 atom stereocenters. The summed E-state index contributed by atoms with van der Waals surface area (Å²) >= 11 is 0. The predicted octanol–water partition coefficient (Wildman–Crippen LogP) is 2.19. The van der Waals surface area contributed by atoms with Gasteiger partial charge in [-0.2, -0.15) is 0 Å². The van der Waals surface area contributed by atoms with Crippen LogP contribution in [-0.2, 0) is 4.74 Å². The minimum atomic E-state index is 0.723. The van der Waals surface area contributed by atoms with Crippen LogP contribution >= 0.6 is 0 Å². The summed E-state index contributed by atoms with van der Waals surface area (Å²) in [5.74, 6) is 0.844. The first kappa shape index (κ1) is 11.0. The van der Waals surface area contributed by atoms with Crippen LogP contribution in [0.5, 0.6) is 0 Å². The third kappa shape index (κ3) is 5.27. The van der Waals surface area contributed by atoms with Crippen molar-refractivity contribution in [3.63, 3.8) is 0 Å². The summed E-state index contributed by atoms with van der Waals surface area (Å²) in [6, 6.07) is 0.723. The van der Waals surface area contributed by atoms with Crippen molar-refractivity contribution >= 4 is 0 Å². The maximum atomic E-state index is 5.30. The fourth-order valence-corrected chi connectivity index (χ4v) is 1.72. The van der Waals surface area contributed by atoms with Crippen LogP contribution in [0.4, 0.5) is 0 Å². The molecule has 78 valence electrons. The lowest BCUT2D eigenvalue weighted by Crippen LogP contribution is -2.35. The monoisotopic (exact) mass is 185 g/mol. The molecule has 1 aliphatic rings. The second kappa shape index (κ2) is 6.39. The maximum Gasteiger partial charge on any atom is 0.0480 e. The first-order valence-electron chi connectivity index (χ1n) is 5.60. The zero-order valence-corrected chi connectivity index (χ0v) is 9.01. The van der Waals surface area contributed by atoms with E-state index in [1.54, 1.807) is 0 Å². The molecule has 0 unspecified atom stereocenters. The smallest absolute Gasteiger partial charge is 0.0480 e. The molecular formula is C11H23NO. The standard InChI is InChI=1S/C11H23NO/c1-10(2)4-3-7-12-11-5-8-13-9-6-11/h10-12H,3-9H2,1-2H3. The van der Waals surface area contributed by atoms with Crippen LogP contribution in [0.3, 0.4) is 0 Å². The number of hydrogen-bond acceptors (Lipinski definition) is 2. The van der Waals surface area contributed by atoms with E-state index in [1.807, 2.05) is 0 Å². The lowest BCUT2D eigenvalue weighted by molar-refractivity contribution is 0.0779. The summed E-state index contributed by atoms with van der Waals surface area (Å²) in [6.07, 6.45) is 5.05. The van der Waals surface area contributed by atoms with E-state index in [0.29, 0.717) is 0 Å². The second-order valence-electron chi connectivity index (χ2n) is 4.38. The second-order valence-corrected chi connectivity index (χ2v) is 4.38. The zero-order valence-electron chi connectivity index (χ0n) is 9.01. The molecule has 1 fully saturated rings. The molecule has 0 aromatic rings. The summed E-state index contributed by atoms with van der Waals surface area (Å²) in [6.45, 7) is 7.65. The maximum absolute atomic E-state index is 5.30. The van der Waals surface area contributed by atoms with Crippen LogP contribution in [-0.4, -0.2) is 25.8 Å². The van der Waals surface area contributed by atoms with Gasteiger partial charge in [-0.25, -0.2) is 0 Å². The third-order valence-corrected chi connectivity index (χ3v) is 2.61. The van der Waals surface area contributed by atoms with E-state index < -0.39 is 0 Å². The zero-order chi connectivity index (χ0) is 9.52. The van der Waals surface area contributed by atoms with Gasteiger partial charge in [0.1, 0.15) is 0 Å². The van der Waals surface area contributed by atoms with E-state index in [4.69, 9.17) is 4.74 Å². The van der Waals surface area contributed by atoms with E-state index >= 15 is 0 Å². The topological polar surface area (TPSA) is 21.3 Å². The van der Waals surface area contributed by atoms with E-state index in [1.165, 1.54) is 32.2 Å². The van der Waals surface area contributed by atoms with Gasteiger partial charge in [0.05, 0.1) is 0 Å². The van der Waals surface area contributed by atoms with Crippen LogP contribution in [0.2, 0.25) is 0 Å². The molecule has 1 heterocycles. The average molecular weight is 185 g/mol. The van der Waals surface area contributed by atoms with Gasteiger partial charge in [0, 0.05) is 19.3 Å². The molecule has 2 nitrogen and oxygen atoms in total. The lowest BCUT2D eigenvalue weighted by atomic mass is 10.1. The predicted molar refractivity (Wildman–Crippen MR) is 55.9 cm³/mol. The SMILES string of the molecule is CC(C)CCCNC1CCOCC1. The van der Waals surface area contributed by atoms with Gasteiger partial charge in [-0.3, -0.25) is 0 Å². The van der Waals surface area contributed by atoms with Crippen molar-refractivity contribution in [2.24, 2.45) is 5.92 Å². The molecule has 1 N–H and O–H groups in total. The molecule has 0 saturated carbocycles. The van der Waals surface area contributed by atoms with E-state index in [0.717, 1.165) is 25.2 Å². The minimum Gasteiger partial charge on any atom is -0.381 e. The van der Waals surface area contributed by atoms with Crippen LogP contribution in [0.1, 0.15) is 39.5 Å². The van der Waals surface area contributed by atoms with Gasteiger partial charge >= 0.3 is 0 Å². The van der Waals surface area contributed by atoms with Crippen LogP contribution in [0.25, 0.3) is 0 Å². The fraction of sp³-hybridized carbons (Fsp3) is 1.00. The van der Waals surface area contributed by atoms with Crippen molar-refractivity contribution in [1.29, 1.82) is 0 Å². The molecule has 0 amide bonds. The first-order chi connectivity index (χ1) is 6.29. The summed E-state index contributed by atoms with van der Waals surface area (Å²) in [4.78, 5) is 0. The Morgan fingerprint density at radius 1 is 1.31 bits per heavy atom. The van der Waals surface area contributed by atoms with E-state index in [2.05, 4.69) is 19.2 Å². The Morgan fingerprint density at radius 3 is 2.62 bits per heavy atom. The fourth-order valence-electron chi connectivity index (χ4n) is 1.72. The Morgan fingerprint density at radius 2 is 2.00 bits per heavy atom. The van der Waals surface area contributed by atoms with Crippen molar-refractivity contribution < 1.29 is 4.74 Å². The highest BCUT2D eigenvalue weighted by Crippen LogP contribution is 2.07. The van der Waals surface area contributed by atoms with Gasteiger partial charge in [0.25, 0.3) is 0 Å². The van der Waals surface area contributed by atoms with Gasteiger partial charge in [-0.1, -0.05) is 13.8 Å². The van der Waals surface area contributed by atoms with Crippen molar-refractivity contribution in [2.75, 3.05) is 19.8 Å². The number of ether oxygens (including phenoxy) is 1. The van der Waals surface area contributed by atoms with Gasteiger partial charge in [0.2, 0.25) is 0 Å². The van der Waals surface area contributed by atoms with Crippen molar-refractivity contribution in [3.05, 3.63) is 0 Å². The van der Waals surface area contributed by atoms with Gasteiger partial charge < -0.3 is 10.1 Å². The number of hydrogen-bond donors (Lipinski definition) is 1. The number of nitrogens with one attached hydrogen (secondary N) is 1. The molecule has 13 heavy (non-hydrogen) atoms. The van der Waals surface area contributed by atoms with Gasteiger partial charge in [-0.05, 0) is 38.1 Å². The molecule has 0 bridgehead atoms. The first-order valence-corrected chi connectivity index (χ1v) is 5.60. The highest BCUT2D eigenvalue weighted by molar-refractivity contribution is 4.69. The minimum absolute atomic E-state index is 0.723. The third-order valence-electron chi connectivity index (χ3n) is 2.61.